The Bertz CT molecular complexity index is 875. The lowest BCUT2D eigenvalue weighted by molar-refractivity contribution is -0.783. The number of nitrogens with zero attached hydrogens (tertiary/aromatic N) is 5. The van der Waals surface area contributed by atoms with Crippen molar-refractivity contribution in [3.63, 3.8) is 0 Å². The molecular weight excluding hydrogens is 318 g/mol. The van der Waals surface area contributed by atoms with Crippen LogP contribution < -0.4 is 4.68 Å². The lowest BCUT2D eigenvalue weighted by Crippen LogP contribution is -2.65. The minimum atomic E-state index is -1.08. The smallest absolute Gasteiger partial charge is 0.263 e. The molecule has 6 rings (SSSR count). The Morgan fingerprint density at radius 1 is 1.28 bits per heavy atom. The third-order valence-corrected chi connectivity index (χ3v) is 8.14. The number of hydrogen-bond acceptors (Lipinski definition) is 4. The van der Waals surface area contributed by atoms with Crippen LogP contribution in [0.2, 0.25) is 0 Å². The first-order chi connectivity index (χ1) is 12.0. The number of allylic oxidation sites excluding steroid dienone is 3. The molecule has 2 fully saturated rings. The highest BCUT2D eigenvalue weighted by Gasteiger charge is 2.82. The second kappa shape index (κ2) is 4.02. The van der Waals surface area contributed by atoms with Crippen molar-refractivity contribution in [3.05, 3.63) is 40.2 Å². The van der Waals surface area contributed by atoms with E-state index in [9.17, 15) is 10.1 Å². The summed E-state index contributed by atoms with van der Waals surface area (Å²) in [6.07, 6.45) is 11.0. The van der Waals surface area contributed by atoms with Gasteiger partial charge in [0.25, 0.3) is 0 Å². The first-order valence-corrected chi connectivity index (χ1v) is 9.41. The second-order valence-corrected chi connectivity index (χ2v) is 8.72. The molecule has 130 valence electrons. The third-order valence-electron chi connectivity index (χ3n) is 8.14. The van der Waals surface area contributed by atoms with E-state index >= 15 is 0 Å². The molecule has 4 aliphatic carbocycles. The van der Waals surface area contributed by atoms with Crippen LogP contribution in [0.3, 0.4) is 0 Å². The van der Waals surface area contributed by atoms with E-state index in [4.69, 9.17) is 0 Å². The Kier molecular flexibility index (Phi) is 2.28. The van der Waals surface area contributed by atoms with Gasteiger partial charge in [-0.15, -0.1) is 4.68 Å². The summed E-state index contributed by atoms with van der Waals surface area (Å²) in [6, 6.07) is 0.198. The van der Waals surface area contributed by atoms with Crippen molar-refractivity contribution in [1.29, 1.82) is 0 Å². The summed E-state index contributed by atoms with van der Waals surface area (Å²) in [6.45, 7) is 4.91. The quantitative estimate of drug-likeness (QED) is 0.355. The van der Waals surface area contributed by atoms with Gasteiger partial charge in [-0.3, -0.25) is 10.1 Å². The highest BCUT2D eigenvalue weighted by molar-refractivity contribution is 5.34. The molecule has 1 aromatic heterocycles. The fourth-order valence-corrected chi connectivity index (χ4v) is 7.48. The maximum absolute atomic E-state index is 12.7. The summed E-state index contributed by atoms with van der Waals surface area (Å²) < 4.78 is 3.76. The van der Waals surface area contributed by atoms with Crippen LogP contribution in [0.1, 0.15) is 38.6 Å². The lowest BCUT2D eigenvalue weighted by Gasteiger charge is -2.50. The van der Waals surface area contributed by atoms with E-state index in [0.29, 0.717) is 24.3 Å². The SMILES string of the molecule is CC[n+]1nnn2c1[C@@]1([N+](=O)[O-])[C@H]([C@@H]3C=C[C@H]1C3)[C@@]1(C)[C@@H]3C=C[C@@H](C3)[C@@H]21. The van der Waals surface area contributed by atoms with E-state index in [0.717, 1.165) is 18.7 Å². The van der Waals surface area contributed by atoms with Crippen molar-refractivity contribution >= 4 is 0 Å². The average molecular weight is 340 g/mol. The zero-order valence-electron chi connectivity index (χ0n) is 14.4. The largest absolute Gasteiger partial charge is 0.336 e. The van der Waals surface area contributed by atoms with E-state index in [1.54, 1.807) is 4.68 Å². The number of aryl methyl sites for hydroxylation is 1. The maximum atomic E-state index is 12.7. The fraction of sp³-hybridized carbons (Fsp3) is 0.722. The molecule has 7 nitrogen and oxygen atoms in total. The molecular formula is C18H22N5O2+. The van der Waals surface area contributed by atoms with Gasteiger partial charge in [0.2, 0.25) is 0 Å². The number of hydrogen-bond donors (Lipinski definition) is 0. The van der Waals surface area contributed by atoms with Crippen molar-refractivity contribution in [2.24, 2.45) is 35.0 Å². The third kappa shape index (κ3) is 1.21. The van der Waals surface area contributed by atoms with Crippen LogP contribution >= 0.6 is 0 Å². The number of fused-ring (bicyclic) bond motifs is 14. The summed E-state index contributed by atoms with van der Waals surface area (Å²) in [5.74, 6) is 1.85. The van der Waals surface area contributed by atoms with Gasteiger partial charge in [0.1, 0.15) is 11.3 Å². The Balaban J connectivity index is 1.74. The molecule has 0 aromatic carbocycles. The predicted octanol–water partition coefficient (Wildman–Crippen LogP) is 1.65. The number of rotatable bonds is 2. The molecule has 0 unspecified atom stereocenters. The molecule has 2 heterocycles. The van der Waals surface area contributed by atoms with E-state index in [1.807, 2.05) is 11.6 Å². The van der Waals surface area contributed by atoms with Crippen LogP contribution in [0.25, 0.3) is 0 Å². The first-order valence-electron chi connectivity index (χ1n) is 9.41. The molecule has 4 bridgehead atoms. The molecule has 0 N–H and O–H groups in total. The predicted molar refractivity (Wildman–Crippen MR) is 86.7 cm³/mol. The zero-order chi connectivity index (χ0) is 17.1. The molecule has 2 saturated carbocycles. The van der Waals surface area contributed by atoms with E-state index < -0.39 is 5.54 Å². The molecule has 1 aromatic rings. The van der Waals surface area contributed by atoms with Crippen LogP contribution in [0.15, 0.2) is 24.3 Å². The standard InChI is InChI=1S/C18H22N5O2/c1-3-21-16-18(23(24)25)13-7-4-10(8-13)14(18)17(2)12-6-5-11(9-12)15(17)22(16)20-19-21/h4-7,10-15H,3,8-9H2,1-2H3/q+1/t10-,11+,12-,13+,14-,15-,17-,18+/m1/s1. The Morgan fingerprint density at radius 2 is 2.00 bits per heavy atom. The van der Waals surface area contributed by atoms with Crippen molar-refractivity contribution < 1.29 is 9.61 Å². The molecule has 0 radical (unpaired) electrons. The van der Waals surface area contributed by atoms with Gasteiger partial charge in [0, 0.05) is 16.3 Å². The van der Waals surface area contributed by atoms with Gasteiger partial charge >= 0.3 is 11.4 Å². The van der Waals surface area contributed by atoms with Crippen molar-refractivity contribution in [2.75, 3.05) is 0 Å². The van der Waals surface area contributed by atoms with Gasteiger partial charge in [0.05, 0.1) is 18.4 Å². The highest BCUT2D eigenvalue weighted by Crippen LogP contribution is 2.74. The molecule has 8 atom stereocenters. The monoisotopic (exact) mass is 340 g/mol. The summed E-state index contributed by atoms with van der Waals surface area (Å²) in [4.78, 5) is 12.7. The van der Waals surface area contributed by atoms with E-state index in [1.165, 1.54) is 0 Å². The van der Waals surface area contributed by atoms with Gasteiger partial charge < -0.3 is 0 Å². The van der Waals surface area contributed by atoms with E-state index in [2.05, 4.69) is 41.7 Å². The van der Waals surface area contributed by atoms with Crippen LogP contribution in [-0.4, -0.2) is 20.0 Å². The Labute approximate surface area is 145 Å². The second-order valence-electron chi connectivity index (χ2n) is 8.72. The van der Waals surface area contributed by atoms with Crippen molar-refractivity contribution in [1.82, 2.24) is 15.1 Å². The van der Waals surface area contributed by atoms with Gasteiger partial charge in [-0.1, -0.05) is 35.9 Å². The summed E-state index contributed by atoms with van der Waals surface area (Å²) >= 11 is 0. The zero-order valence-corrected chi connectivity index (χ0v) is 14.4. The van der Waals surface area contributed by atoms with Gasteiger partial charge in [-0.25, -0.2) is 0 Å². The number of nitro groups is 1. The Morgan fingerprint density at radius 3 is 2.76 bits per heavy atom. The van der Waals surface area contributed by atoms with E-state index in [-0.39, 0.29) is 28.2 Å². The lowest BCUT2D eigenvalue weighted by atomic mass is 9.54. The molecule has 0 amide bonds. The molecule has 0 saturated heterocycles. The summed E-state index contributed by atoms with van der Waals surface area (Å²) in [5, 5.41) is 21.5. The van der Waals surface area contributed by atoms with Gasteiger partial charge in [-0.05, 0) is 31.6 Å². The van der Waals surface area contributed by atoms with Crippen LogP contribution in [-0.2, 0) is 12.1 Å². The normalized spacial score (nSPS) is 50.2. The number of tetrazole rings is 1. The summed E-state index contributed by atoms with van der Waals surface area (Å²) in [7, 11) is 0. The Hall–Kier alpha value is -2.05. The summed E-state index contributed by atoms with van der Waals surface area (Å²) in [5.41, 5.74) is -1.20. The maximum Gasteiger partial charge on any atom is 0.336 e. The molecule has 25 heavy (non-hydrogen) atoms. The van der Waals surface area contributed by atoms with Crippen molar-refractivity contribution in [2.45, 2.75) is 44.8 Å². The van der Waals surface area contributed by atoms with Crippen LogP contribution in [0.4, 0.5) is 0 Å². The average Bonchev–Trinajstić information content (AvgIpc) is 3.37. The van der Waals surface area contributed by atoms with Crippen LogP contribution in [0.5, 0.6) is 0 Å². The molecule has 5 aliphatic rings. The molecule has 0 spiro atoms. The topological polar surface area (TPSA) is 77.7 Å². The molecule has 1 aliphatic heterocycles. The van der Waals surface area contributed by atoms with Crippen molar-refractivity contribution in [3.8, 4) is 0 Å². The fourth-order valence-electron chi connectivity index (χ4n) is 7.48. The minimum absolute atomic E-state index is 0.0182. The van der Waals surface area contributed by atoms with Gasteiger partial charge in [0.15, 0.2) is 5.21 Å². The minimum Gasteiger partial charge on any atom is -0.263 e. The highest BCUT2D eigenvalue weighted by atomic mass is 16.6. The first kappa shape index (κ1) is 14.2. The van der Waals surface area contributed by atoms with Gasteiger partial charge in [-0.2, -0.15) is 0 Å². The molecule has 7 heteroatoms. The number of aromatic nitrogens is 4. The van der Waals surface area contributed by atoms with Crippen LogP contribution in [0, 0.1) is 45.1 Å².